The van der Waals surface area contributed by atoms with Crippen molar-refractivity contribution in [2.24, 2.45) is 0 Å². The van der Waals surface area contributed by atoms with Gasteiger partial charge in [-0.1, -0.05) is 0 Å². The highest BCUT2D eigenvalue weighted by molar-refractivity contribution is 7.13. The lowest BCUT2D eigenvalue weighted by molar-refractivity contribution is -0.130. The number of hydrogen-bond acceptors (Lipinski definition) is 4. The molecule has 0 atom stereocenters. The van der Waals surface area contributed by atoms with Crippen molar-refractivity contribution < 1.29 is 4.79 Å². The zero-order valence-electron chi connectivity index (χ0n) is 9.19. The van der Waals surface area contributed by atoms with Gasteiger partial charge in [0.05, 0.1) is 0 Å². The van der Waals surface area contributed by atoms with E-state index in [9.17, 15) is 4.79 Å². The Kier molecular flexibility index (Phi) is 5.10. The average Bonchev–Trinajstić information content (AvgIpc) is 2.72. The van der Waals surface area contributed by atoms with Crippen LogP contribution in [0.15, 0.2) is 11.6 Å². The summed E-state index contributed by atoms with van der Waals surface area (Å²) < 4.78 is 0. The second-order valence-electron chi connectivity index (χ2n) is 3.08. The SMILES string of the molecule is CCN(CC)C(=O)CCNc1nccs1. The van der Waals surface area contributed by atoms with E-state index >= 15 is 0 Å². The third-order valence-corrected chi connectivity index (χ3v) is 2.89. The topological polar surface area (TPSA) is 45.2 Å². The monoisotopic (exact) mass is 227 g/mol. The van der Waals surface area contributed by atoms with Gasteiger partial charge in [0.1, 0.15) is 0 Å². The van der Waals surface area contributed by atoms with Crippen LogP contribution in [0, 0.1) is 0 Å². The minimum absolute atomic E-state index is 0.198. The van der Waals surface area contributed by atoms with Crippen LogP contribution in [0.1, 0.15) is 20.3 Å². The first kappa shape index (κ1) is 12.0. The second kappa shape index (κ2) is 6.40. The normalized spacial score (nSPS) is 10.0. The van der Waals surface area contributed by atoms with Gasteiger partial charge in [0, 0.05) is 37.6 Å². The predicted octanol–water partition coefficient (Wildman–Crippen LogP) is 1.81. The lowest BCUT2D eigenvalue weighted by atomic mass is 10.3. The summed E-state index contributed by atoms with van der Waals surface area (Å²) in [6.45, 7) is 6.22. The van der Waals surface area contributed by atoms with E-state index in [0.717, 1.165) is 18.2 Å². The van der Waals surface area contributed by atoms with Crippen LogP contribution in [0.4, 0.5) is 5.13 Å². The van der Waals surface area contributed by atoms with E-state index in [4.69, 9.17) is 0 Å². The lowest BCUT2D eigenvalue weighted by Gasteiger charge is -2.18. The predicted molar refractivity (Wildman–Crippen MR) is 63.1 cm³/mol. The molecule has 1 amide bonds. The van der Waals surface area contributed by atoms with Crippen molar-refractivity contribution in [2.45, 2.75) is 20.3 Å². The van der Waals surface area contributed by atoms with Gasteiger partial charge in [-0.15, -0.1) is 11.3 Å². The third-order valence-electron chi connectivity index (χ3n) is 2.16. The average molecular weight is 227 g/mol. The molecular formula is C10H17N3OS. The largest absolute Gasteiger partial charge is 0.361 e. The van der Waals surface area contributed by atoms with Crippen LogP contribution in [-0.2, 0) is 4.79 Å². The Bertz CT molecular complexity index is 283. The molecule has 1 rings (SSSR count). The van der Waals surface area contributed by atoms with Crippen molar-refractivity contribution in [2.75, 3.05) is 25.0 Å². The Labute approximate surface area is 94.3 Å². The van der Waals surface area contributed by atoms with Crippen molar-refractivity contribution in [3.63, 3.8) is 0 Å². The smallest absolute Gasteiger partial charge is 0.224 e. The molecule has 0 aliphatic rings. The van der Waals surface area contributed by atoms with E-state index < -0.39 is 0 Å². The second-order valence-corrected chi connectivity index (χ2v) is 3.97. The molecule has 5 heteroatoms. The Hall–Kier alpha value is -1.10. The molecule has 0 aliphatic heterocycles. The molecule has 0 radical (unpaired) electrons. The van der Waals surface area contributed by atoms with Gasteiger partial charge in [-0.25, -0.2) is 4.98 Å². The number of thiazole rings is 1. The van der Waals surface area contributed by atoms with E-state index in [1.54, 1.807) is 17.5 Å². The zero-order valence-corrected chi connectivity index (χ0v) is 10.0. The molecule has 84 valence electrons. The standard InChI is InChI=1S/C10H17N3OS/c1-3-13(4-2)9(14)5-6-11-10-12-7-8-15-10/h7-8H,3-6H2,1-2H3,(H,11,12). The molecule has 0 bridgehead atoms. The van der Waals surface area contributed by atoms with E-state index in [1.807, 2.05) is 24.1 Å². The molecule has 1 aromatic heterocycles. The highest BCUT2D eigenvalue weighted by Crippen LogP contribution is 2.09. The zero-order chi connectivity index (χ0) is 11.1. The molecule has 0 saturated carbocycles. The van der Waals surface area contributed by atoms with Crippen LogP contribution in [0.5, 0.6) is 0 Å². The minimum atomic E-state index is 0.198. The summed E-state index contributed by atoms with van der Waals surface area (Å²) in [6, 6.07) is 0. The first-order valence-electron chi connectivity index (χ1n) is 5.19. The van der Waals surface area contributed by atoms with Crippen molar-refractivity contribution in [1.82, 2.24) is 9.88 Å². The summed E-state index contributed by atoms with van der Waals surface area (Å²) in [6.07, 6.45) is 2.28. The summed E-state index contributed by atoms with van der Waals surface area (Å²) in [5.74, 6) is 0.198. The maximum atomic E-state index is 11.6. The van der Waals surface area contributed by atoms with Crippen LogP contribution in [0.2, 0.25) is 0 Å². The van der Waals surface area contributed by atoms with Gasteiger partial charge in [0.15, 0.2) is 5.13 Å². The molecule has 0 spiro atoms. The minimum Gasteiger partial charge on any atom is -0.361 e. The summed E-state index contributed by atoms with van der Waals surface area (Å²) in [5, 5.41) is 5.91. The number of carbonyl (C=O) groups is 1. The molecule has 0 aromatic carbocycles. The van der Waals surface area contributed by atoms with Crippen molar-refractivity contribution >= 4 is 22.4 Å². The molecular weight excluding hydrogens is 210 g/mol. The van der Waals surface area contributed by atoms with E-state index in [-0.39, 0.29) is 5.91 Å². The summed E-state index contributed by atoms with van der Waals surface area (Å²) in [4.78, 5) is 17.5. The number of nitrogens with one attached hydrogen (secondary N) is 1. The Morgan fingerprint density at radius 3 is 2.80 bits per heavy atom. The molecule has 15 heavy (non-hydrogen) atoms. The van der Waals surface area contributed by atoms with Gasteiger partial charge >= 0.3 is 0 Å². The van der Waals surface area contributed by atoms with Crippen LogP contribution in [-0.4, -0.2) is 35.4 Å². The molecule has 1 N–H and O–H groups in total. The van der Waals surface area contributed by atoms with E-state index in [1.165, 1.54) is 0 Å². The fourth-order valence-corrected chi connectivity index (χ4v) is 1.88. The third kappa shape index (κ3) is 3.87. The van der Waals surface area contributed by atoms with Crippen LogP contribution >= 0.6 is 11.3 Å². The molecule has 0 unspecified atom stereocenters. The summed E-state index contributed by atoms with van der Waals surface area (Å²) in [5.41, 5.74) is 0. The number of nitrogens with zero attached hydrogens (tertiary/aromatic N) is 2. The van der Waals surface area contributed by atoms with Crippen LogP contribution in [0.3, 0.4) is 0 Å². The van der Waals surface area contributed by atoms with Crippen LogP contribution in [0.25, 0.3) is 0 Å². The number of rotatable bonds is 6. The van der Waals surface area contributed by atoms with Gasteiger partial charge in [-0.3, -0.25) is 4.79 Å². The van der Waals surface area contributed by atoms with Gasteiger partial charge in [-0.05, 0) is 13.8 Å². The number of carbonyl (C=O) groups excluding carboxylic acids is 1. The first-order valence-corrected chi connectivity index (χ1v) is 6.07. The lowest BCUT2D eigenvalue weighted by Crippen LogP contribution is -2.31. The molecule has 0 aliphatic carbocycles. The molecule has 0 saturated heterocycles. The van der Waals surface area contributed by atoms with E-state index in [2.05, 4.69) is 10.3 Å². The van der Waals surface area contributed by atoms with Crippen molar-refractivity contribution in [3.05, 3.63) is 11.6 Å². The number of hydrogen-bond donors (Lipinski definition) is 1. The molecule has 1 heterocycles. The highest BCUT2D eigenvalue weighted by Gasteiger charge is 2.08. The maximum absolute atomic E-state index is 11.6. The Morgan fingerprint density at radius 1 is 1.53 bits per heavy atom. The quantitative estimate of drug-likeness (QED) is 0.806. The highest BCUT2D eigenvalue weighted by atomic mass is 32.1. The maximum Gasteiger partial charge on any atom is 0.224 e. The van der Waals surface area contributed by atoms with Gasteiger partial charge < -0.3 is 10.2 Å². The fraction of sp³-hybridized carbons (Fsp3) is 0.600. The van der Waals surface area contributed by atoms with Crippen molar-refractivity contribution in [3.8, 4) is 0 Å². The van der Waals surface area contributed by atoms with Crippen LogP contribution < -0.4 is 5.32 Å². The summed E-state index contributed by atoms with van der Waals surface area (Å²) in [7, 11) is 0. The van der Waals surface area contributed by atoms with Gasteiger partial charge in [0.25, 0.3) is 0 Å². The molecule has 1 aromatic rings. The molecule has 0 fully saturated rings. The summed E-state index contributed by atoms with van der Waals surface area (Å²) >= 11 is 1.55. The van der Waals surface area contributed by atoms with E-state index in [0.29, 0.717) is 13.0 Å². The van der Waals surface area contributed by atoms with Crippen molar-refractivity contribution in [1.29, 1.82) is 0 Å². The number of anilines is 1. The number of amides is 1. The Morgan fingerprint density at radius 2 is 2.27 bits per heavy atom. The molecule has 4 nitrogen and oxygen atoms in total. The first-order chi connectivity index (χ1) is 7.27. The number of aromatic nitrogens is 1. The van der Waals surface area contributed by atoms with Gasteiger partial charge in [-0.2, -0.15) is 0 Å². The van der Waals surface area contributed by atoms with Gasteiger partial charge in [0.2, 0.25) is 5.91 Å². The fourth-order valence-electron chi connectivity index (χ4n) is 1.32. The Balaban J connectivity index is 2.22.